The number of hydrogen-bond acceptors (Lipinski definition) is 5. The van der Waals surface area contributed by atoms with E-state index in [0.717, 1.165) is 0 Å². The van der Waals surface area contributed by atoms with Gasteiger partial charge in [-0.25, -0.2) is 0 Å². The van der Waals surface area contributed by atoms with Crippen LogP contribution in [0.1, 0.15) is 15.9 Å². The van der Waals surface area contributed by atoms with Gasteiger partial charge in [0.25, 0.3) is 0 Å². The van der Waals surface area contributed by atoms with Crippen LogP contribution in [0.25, 0.3) is 5.57 Å². The van der Waals surface area contributed by atoms with Crippen molar-refractivity contribution in [2.75, 3.05) is 7.11 Å². The van der Waals surface area contributed by atoms with E-state index < -0.39 is 0 Å². The van der Waals surface area contributed by atoms with Gasteiger partial charge in [-0.05, 0) is 48.0 Å². The number of allylic oxidation sites excluding steroid dienone is 2. The number of aldehydes is 1. The fourth-order valence-electron chi connectivity index (χ4n) is 1.89. The number of hydrogen-bond donors (Lipinski definition) is 2. The first-order chi connectivity index (χ1) is 10.5. The van der Waals surface area contributed by atoms with Crippen LogP contribution in [0.5, 0.6) is 17.2 Å². The Hall–Kier alpha value is -3.08. The molecule has 0 spiro atoms. The van der Waals surface area contributed by atoms with Crippen molar-refractivity contribution in [1.29, 1.82) is 0 Å². The summed E-state index contributed by atoms with van der Waals surface area (Å²) < 4.78 is 4.98. The van der Waals surface area contributed by atoms with Gasteiger partial charge in [-0.1, -0.05) is 6.07 Å². The van der Waals surface area contributed by atoms with Gasteiger partial charge in [0.1, 0.15) is 5.75 Å². The summed E-state index contributed by atoms with van der Waals surface area (Å²) >= 11 is 0. The summed E-state index contributed by atoms with van der Waals surface area (Å²) in [6, 6.07) is 10.1. The average molecular weight is 298 g/mol. The van der Waals surface area contributed by atoms with Crippen LogP contribution >= 0.6 is 0 Å². The van der Waals surface area contributed by atoms with Crippen LogP contribution in [-0.2, 0) is 4.79 Å². The van der Waals surface area contributed by atoms with Gasteiger partial charge in [0.15, 0.2) is 23.6 Å². The lowest BCUT2D eigenvalue weighted by Crippen LogP contribution is -1.97. The standard InChI is InChI=1S/C17H14O5/c1-22-17-9-12(4-7-15(17)20)13(10-18)8-16(21)11-2-5-14(19)6-3-11/h2-10,19-20H,1H3. The number of ether oxygens (including phenoxy) is 1. The molecule has 0 bridgehead atoms. The second-order valence-corrected chi connectivity index (χ2v) is 4.52. The number of carbonyl (C=O) groups excluding carboxylic acids is 2. The molecule has 0 aliphatic carbocycles. The zero-order valence-electron chi connectivity index (χ0n) is 11.8. The minimum atomic E-state index is -0.367. The fraction of sp³-hybridized carbons (Fsp3) is 0.0588. The summed E-state index contributed by atoms with van der Waals surface area (Å²) in [5, 5.41) is 18.8. The minimum Gasteiger partial charge on any atom is -0.508 e. The molecule has 0 aromatic heterocycles. The van der Waals surface area contributed by atoms with Crippen LogP contribution in [0.15, 0.2) is 48.5 Å². The summed E-state index contributed by atoms with van der Waals surface area (Å²) in [4.78, 5) is 23.4. The van der Waals surface area contributed by atoms with E-state index in [-0.39, 0.29) is 28.6 Å². The Morgan fingerprint density at radius 1 is 1.05 bits per heavy atom. The summed E-state index contributed by atoms with van der Waals surface area (Å²) in [6.45, 7) is 0. The first-order valence-electron chi connectivity index (χ1n) is 6.42. The molecule has 0 unspecified atom stereocenters. The molecule has 0 radical (unpaired) electrons. The molecule has 0 heterocycles. The van der Waals surface area contributed by atoms with Crippen molar-refractivity contribution in [2.24, 2.45) is 0 Å². The van der Waals surface area contributed by atoms with E-state index in [0.29, 0.717) is 17.4 Å². The molecule has 0 amide bonds. The molecule has 2 aromatic carbocycles. The molecule has 5 heteroatoms. The molecule has 2 aromatic rings. The Morgan fingerprint density at radius 3 is 2.27 bits per heavy atom. The van der Waals surface area contributed by atoms with Gasteiger partial charge >= 0.3 is 0 Å². The molecule has 0 saturated heterocycles. The van der Waals surface area contributed by atoms with Crippen molar-refractivity contribution < 1.29 is 24.5 Å². The number of carbonyl (C=O) groups is 2. The van der Waals surface area contributed by atoms with E-state index in [1.165, 1.54) is 55.7 Å². The number of phenols is 2. The molecular formula is C17H14O5. The van der Waals surface area contributed by atoms with Gasteiger partial charge in [-0.2, -0.15) is 0 Å². The van der Waals surface area contributed by atoms with Crippen LogP contribution in [0, 0.1) is 0 Å². The maximum Gasteiger partial charge on any atom is 0.186 e. The molecule has 0 aliphatic heterocycles. The van der Waals surface area contributed by atoms with E-state index in [1.54, 1.807) is 0 Å². The lowest BCUT2D eigenvalue weighted by Gasteiger charge is -2.06. The molecule has 0 saturated carbocycles. The summed E-state index contributed by atoms with van der Waals surface area (Å²) in [6.07, 6.45) is 1.76. The smallest absolute Gasteiger partial charge is 0.186 e. The van der Waals surface area contributed by atoms with Crippen LogP contribution in [0.4, 0.5) is 0 Å². The third-order valence-electron chi connectivity index (χ3n) is 3.08. The van der Waals surface area contributed by atoms with Crippen molar-refractivity contribution in [3.05, 3.63) is 59.7 Å². The lowest BCUT2D eigenvalue weighted by atomic mass is 10.0. The third kappa shape index (κ3) is 3.32. The molecule has 0 atom stereocenters. The second kappa shape index (κ2) is 6.58. The van der Waals surface area contributed by atoms with Gasteiger partial charge in [0.2, 0.25) is 0 Å². The highest BCUT2D eigenvalue weighted by Crippen LogP contribution is 2.29. The topological polar surface area (TPSA) is 83.8 Å². The Labute approximate surface area is 127 Å². The number of ketones is 1. The predicted octanol–water partition coefficient (Wildman–Crippen LogP) is 2.57. The van der Waals surface area contributed by atoms with Gasteiger partial charge in [-0.15, -0.1) is 0 Å². The Bertz CT molecular complexity index is 729. The van der Waals surface area contributed by atoms with Crippen molar-refractivity contribution in [1.82, 2.24) is 0 Å². The van der Waals surface area contributed by atoms with Crippen LogP contribution in [0.3, 0.4) is 0 Å². The molecule has 0 fully saturated rings. The quantitative estimate of drug-likeness (QED) is 0.503. The van der Waals surface area contributed by atoms with Crippen molar-refractivity contribution in [3.8, 4) is 17.2 Å². The van der Waals surface area contributed by atoms with Crippen LogP contribution in [0.2, 0.25) is 0 Å². The number of phenolic OH excluding ortho intramolecular Hbond substituents is 2. The second-order valence-electron chi connectivity index (χ2n) is 4.52. The molecule has 2 rings (SSSR count). The van der Waals surface area contributed by atoms with Crippen molar-refractivity contribution >= 4 is 17.6 Å². The van der Waals surface area contributed by atoms with Gasteiger partial charge in [0, 0.05) is 11.1 Å². The van der Waals surface area contributed by atoms with Crippen molar-refractivity contribution in [2.45, 2.75) is 0 Å². The molecular weight excluding hydrogens is 284 g/mol. The molecule has 22 heavy (non-hydrogen) atoms. The van der Waals surface area contributed by atoms with E-state index in [1.807, 2.05) is 0 Å². The van der Waals surface area contributed by atoms with Gasteiger partial charge in [0.05, 0.1) is 7.11 Å². The summed E-state index contributed by atoms with van der Waals surface area (Å²) in [5.41, 5.74) is 0.969. The van der Waals surface area contributed by atoms with E-state index in [4.69, 9.17) is 4.74 Å². The van der Waals surface area contributed by atoms with Crippen LogP contribution in [-0.4, -0.2) is 29.4 Å². The Morgan fingerprint density at radius 2 is 1.68 bits per heavy atom. The maximum atomic E-state index is 12.1. The third-order valence-corrected chi connectivity index (χ3v) is 3.08. The highest BCUT2D eigenvalue weighted by molar-refractivity contribution is 6.18. The number of rotatable bonds is 5. The van der Waals surface area contributed by atoms with Gasteiger partial charge < -0.3 is 14.9 Å². The van der Waals surface area contributed by atoms with E-state index in [2.05, 4.69) is 0 Å². The van der Waals surface area contributed by atoms with Crippen LogP contribution < -0.4 is 4.74 Å². The molecule has 5 nitrogen and oxygen atoms in total. The fourth-order valence-corrected chi connectivity index (χ4v) is 1.89. The first kappa shape index (κ1) is 15.3. The molecule has 0 aliphatic rings. The maximum absolute atomic E-state index is 12.1. The molecule has 112 valence electrons. The molecule has 2 N–H and O–H groups in total. The minimum absolute atomic E-state index is 0.0543. The lowest BCUT2D eigenvalue weighted by molar-refractivity contribution is -0.103. The van der Waals surface area contributed by atoms with Crippen molar-refractivity contribution in [3.63, 3.8) is 0 Å². The first-order valence-corrected chi connectivity index (χ1v) is 6.42. The van der Waals surface area contributed by atoms with E-state index in [9.17, 15) is 19.8 Å². The highest BCUT2D eigenvalue weighted by atomic mass is 16.5. The number of methoxy groups -OCH3 is 1. The Balaban J connectivity index is 2.36. The normalized spacial score (nSPS) is 11.0. The highest BCUT2D eigenvalue weighted by Gasteiger charge is 2.09. The van der Waals surface area contributed by atoms with Gasteiger partial charge in [-0.3, -0.25) is 9.59 Å². The largest absolute Gasteiger partial charge is 0.508 e. The monoisotopic (exact) mass is 298 g/mol. The number of benzene rings is 2. The average Bonchev–Trinajstić information content (AvgIpc) is 2.53. The number of aromatic hydroxyl groups is 2. The SMILES string of the molecule is COc1cc(C(C=O)=CC(=O)c2ccc(O)cc2)ccc1O. The van der Waals surface area contributed by atoms with E-state index >= 15 is 0 Å². The Kier molecular flexibility index (Phi) is 4.58. The summed E-state index contributed by atoms with van der Waals surface area (Å²) in [5.74, 6) is -0.155. The predicted molar refractivity (Wildman–Crippen MR) is 81.1 cm³/mol. The zero-order valence-corrected chi connectivity index (χ0v) is 11.8. The summed E-state index contributed by atoms with van der Waals surface area (Å²) in [7, 11) is 1.39. The zero-order chi connectivity index (χ0) is 16.1.